The number of benzene rings is 1. The van der Waals surface area contributed by atoms with Gasteiger partial charge in [0.15, 0.2) is 0 Å². The Kier molecular flexibility index (Phi) is 6.45. The minimum Gasteiger partial charge on any atom is -0.367 e. The van der Waals surface area contributed by atoms with Crippen LogP contribution in [0.1, 0.15) is 53.7 Å². The van der Waals surface area contributed by atoms with Crippen LogP contribution in [0.15, 0.2) is 61.1 Å². The predicted molar refractivity (Wildman–Crippen MR) is 147 cm³/mol. The van der Waals surface area contributed by atoms with Crippen LogP contribution in [0.4, 0.5) is 23.0 Å². The number of rotatable bonds is 7. The van der Waals surface area contributed by atoms with E-state index in [4.69, 9.17) is 0 Å². The summed E-state index contributed by atoms with van der Waals surface area (Å²) in [5.74, 6) is 1.40. The summed E-state index contributed by atoms with van der Waals surface area (Å²) in [7, 11) is 0. The molecule has 1 aliphatic rings. The largest absolute Gasteiger partial charge is 0.367 e. The van der Waals surface area contributed by atoms with Gasteiger partial charge in [-0.25, -0.2) is 15.0 Å². The number of amides is 1. The van der Waals surface area contributed by atoms with Crippen LogP contribution in [0.5, 0.6) is 0 Å². The lowest BCUT2D eigenvalue weighted by atomic mass is 9.95. The fourth-order valence-electron chi connectivity index (χ4n) is 3.75. The molecule has 0 aliphatic heterocycles. The Bertz CT molecular complexity index is 1400. The molecule has 8 heteroatoms. The van der Waals surface area contributed by atoms with Crippen LogP contribution in [0.2, 0.25) is 0 Å². The molecular formula is C28H30N6OS. The Morgan fingerprint density at radius 3 is 2.61 bits per heavy atom. The van der Waals surface area contributed by atoms with Crippen LogP contribution >= 0.6 is 11.3 Å². The van der Waals surface area contributed by atoms with E-state index >= 15 is 0 Å². The highest BCUT2D eigenvalue weighted by atomic mass is 32.1. The minimum absolute atomic E-state index is 0.0168. The first-order valence-electron chi connectivity index (χ1n) is 12.1. The van der Waals surface area contributed by atoms with Crippen LogP contribution in [0, 0.1) is 6.92 Å². The molecule has 1 aliphatic carbocycles. The van der Waals surface area contributed by atoms with Crippen molar-refractivity contribution >= 4 is 40.3 Å². The highest BCUT2D eigenvalue weighted by Gasteiger charge is 2.22. The number of aromatic nitrogens is 3. The topological polar surface area (TPSA) is 91.8 Å². The van der Waals surface area contributed by atoms with E-state index in [1.54, 1.807) is 12.5 Å². The summed E-state index contributed by atoms with van der Waals surface area (Å²) in [6.07, 6.45) is 5.68. The number of nitrogens with zero attached hydrogens (tertiary/aromatic N) is 3. The molecule has 0 saturated heterocycles. The Balaban J connectivity index is 1.37. The SMILES string of the molecule is Cc1ccc(NC(=O)c2ccc(C(C)(C)C)s2)cc1Nc1ncccc1-c1cc(NC2CC2)ncn1. The first-order chi connectivity index (χ1) is 17.3. The van der Waals surface area contributed by atoms with E-state index in [1.807, 2.05) is 55.5 Å². The molecule has 3 aromatic heterocycles. The minimum atomic E-state index is -0.111. The van der Waals surface area contributed by atoms with Crippen molar-refractivity contribution in [2.24, 2.45) is 0 Å². The van der Waals surface area contributed by atoms with Crippen molar-refractivity contribution < 1.29 is 4.79 Å². The smallest absolute Gasteiger partial charge is 0.265 e. The van der Waals surface area contributed by atoms with Crippen LogP contribution in [-0.2, 0) is 5.41 Å². The quantitative estimate of drug-likeness (QED) is 0.260. The van der Waals surface area contributed by atoms with Gasteiger partial charge in [0.05, 0.1) is 10.6 Å². The normalized spacial score (nSPS) is 13.3. The van der Waals surface area contributed by atoms with Gasteiger partial charge in [0.25, 0.3) is 5.91 Å². The van der Waals surface area contributed by atoms with Gasteiger partial charge in [-0.1, -0.05) is 26.8 Å². The summed E-state index contributed by atoms with van der Waals surface area (Å²) in [6, 6.07) is 16.1. The Morgan fingerprint density at radius 2 is 1.86 bits per heavy atom. The van der Waals surface area contributed by atoms with Crippen molar-refractivity contribution in [3.8, 4) is 11.3 Å². The van der Waals surface area contributed by atoms with E-state index in [0.29, 0.717) is 22.4 Å². The van der Waals surface area contributed by atoms with Gasteiger partial charge in [-0.2, -0.15) is 0 Å². The summed E-state index contributed by atoms with van der Waals surface area (Å²) in [5, 5.41) is 9.91. The lowest BCUT2D eigenvalue weighted by Crippen LogP contribution is -2.11. The molecule has 7 nitrogen and oxygen atoms in total. The zero-order valence-electron chi connectivity index (χ0n) is 20.9. The zero-order valence-corrected chi connectivity index (χ0v) is 21.7. The Hall–Kier alpha value is -3.78. The second kappa shape index (κ2) is 9.70. The molecule has 0 radical (unpaired) electrons. The fourth-order valence-corrected chi connectivity index (χ4v) is 4.71. The molecule has 0 unspecified atom stereocenters. The molecule has 3 N–H and O–H groups in total. The average Bonchev–Trinajstić information content (AvgIpc) is 3.50. The first kappa shape index (κ1) is 23.9. The summed E-state index contributed by atoms with van der Waals surface area (Å²) in [5.41, 5.74) is 4.30. The summed E-state index contributed by atoms with van der Waals surface area (Å²) >= 11 is 1.53. The van der Waals surface area contributed by atoms with E-state index in [0.717, 1.165) is 28.3 Å². The third kappa shape index (κ3) is 5.54. The lowest BCUT2D eigenvalue weighted by molar-refractivity contribution is 0.103. The third-order valence-electron chi connectivity index (χ3n) is 6.00. The number of hydrogen-bond donors (Lipinski definition) is 3. The summed E-state index contributed by atoms with van der Waals surface area (Å²) < 4.78 is 0. The molecular weight excluding hydrogens is 468 g/mol. The van der Waals surface area contributed by atoms with Crippen LogP contribution in [0.3, 0.4) is 0 Å². The van der Waals surface area contributed by atoms with E-state index < -0.39 is 0 Å². The number of carbonyl (C=O) groups excluding carboxylic acids is 1. The van der Waals surface area contributed by atoms with Crippen LogP contribution in [-0.4, -0.2) is 26.9 Å². The number of carbonyl (C=O) groups is 1. The van der Waals surface area contributed by atoms with Gasteiger partial charge in [-0.3, -0.25) is 4.79 Å². The van der Waals surface area contributed by atoms with Crippen molar-refractivity contribution in [2.75, 3.05) is 16.0 Å². The summed E-state index contributed by atoms with van der Waals surface area (Å²) in [6.45, 7) is 8.47. The number of thiophene rings is 1. The molecule has 1 aromatic carbocycles. The van der Waals surface area contributed by atoms with Crippen molar-refractivity contribution in [1.82, 2.24) is 15.0 Å². The zero-order chi connectivity index (χ0) is 25.3. The van der Waals surface area contributed by atoms with Gasteiger partial charge in [-0.15, -0.1) is 11.3 Å². The number of hydrogen-bond acceptors (Lipinski definition) is 7. The van der Waals surface area contributed by atoms with Gasteiger partial charge in [0, 0.05) is 40.1 Å². The highest BCUT2D eigenvalue weighted by Crippen LogP contribution is 2.33. The van der Waals surface area contributed by atoms with E-state index in [-0.39, 0.29) is 11.3 Å². The molecule has 1 amide bonds. The predicted octanol–water partition coefficient (Wildman–Crippen LogP) is 6.78. The van der Waals surface area contributed by atoms with Gasteiger partial charge in [-0.05, 0) is 67.1 Å². The lowest BCUT2D eigenvalue weighted by Gasteiger charge is -2.15. The van der Waals surface area contributed by atoms with Gasteiger partial charge >= 0.3 is 0 Å². The second-order valence-electron chi connectivity index (χ2n) is 10.1. The molecule has 1 fully saturated rings. The Labute approximate surface area is 215 Å². The van der Waals surface area contributed by atoms with E-state index in [9.17, 15) is 4.79 Å². The maximum Gasteiger partial charge on any atom is 0.265 e. The Morgan fingerprint density at radius 1 is 1.03 bits per heavy atom. The molecule has 1 saturated carbocycles. The second-order valence-corrected chi connectivity index (χ2v) is 11.2. The molecule has 36 heavy (non-hydrogen) atoms. The van der Waals surface area contributed by atoms with Gasteiger partial charge in [0.1, 0.15) is 18.0 Å². The molecule has 3 heterocycles. The average molecular weight is 499 g/mol. The maximum atomic E-state index is 12.9. The molecule has 5 rings (SSSR count). The molecule has 4 aromatic rings. The van der Waals surface area contributed by atoms with Crippen molar-refractivity contribution in [2.45, 2.75) is 52.0 Å². The molecule has 184 valence electrons. The third-order valence-corrected chi connectivity index (χ3v) is 7.51. The monoisotopic (exact) mass is 498 g/mol. The molecule has 0 spiro atoms. The molecule has 0 atom stereocenters. The van der Waals surface area contributed by atoms with Crippen LogP contribution < -0.4 is 16.0 Å². The van der Waals surface area contributed by atoms with Crippen LogP contribution in [0.25, 0.3) is 11.3 Å². The first-order valence-corrected chi connectivity index (χ1v) is 12.9. The van der Waals surface area contributed by atoms with Crippen molar-refractivity contribution in [1.29, 1.82) is 0 Å². The van der Waals surface area contributed by atoms with Crippen molar-refractivity contribution in [3.63, 3.8) is 0 Å². The number of anilines is 4. The van der Waals surface area contributed by atoms with Gasteiger partial charge < -0.3 is 16.0 Å². The van der Waals surface area contributed by atoms with Crippen molar-refractivity contribution in [3.05, 3.63) is 76.4 Å². The standard InChI is InChI=1S/C28H30N6OS/c1-17-7-8-19(33-27(35)23-11-12-24(36-23)28(2,3)4)14-21(17)34-26-20(6-5-13-29-26)22-15-25(31-16-30-22)32-18-9-10-18/h5-8,11-16,18H,9-10H2,1-4H3,(H,29,34)(H,33,35)(H,30,31,32). The van der Waals surface area contributed by atoms with E-state index in [2.05, 4.69) is 51.7 Å². The fraction of sp³-hybridized carbons (Fsp3) is 0.286. The maximum absolute atomic E-state index is 12.9. The summed E-state index contributed by atoms with van der Waals surface area (Å²) in [4.78, 5) is 28.2. The highest BCUT2D eigenvalue weighted by molar-refractivity contribution is 7.14. The van der Waals surface area contributed by atoms with Gasteiger partial charge in [0.2, 0.25) is 0 Å². The molecule has 0 bridgehead atoms. The number of aryl methyl sites for hydroxylation is 1. The van der Waals surface area contributed by atoms with E-state index in [1.165, 1.54) is 29.1 Å². The number of nitrogens with one attached hydrogen (secondary N) is 3. The number of pyridine rings is 1.